The molecule has 0 atom stereocenters. The van der Waals surface area contributed by atoms with Gasteiger partial charge in [-0.1, -0.05) is 84.0 Å². The maximum atomic E-state index is 12.6. The van der Waals surface area contributed by atoms with Gasteiger partial charge in [0.1, 0.15) is 0 Å². The Hall–Kier alpha value is -3.61. The molecule has 5 aromatic rings. The van der Waals surface area contributed by atoms with Crippen LogP contribution in [0.4, 0.5) is 0 Å². The molecule has 3 aromatic carbocycles. The highest BCUT2D eigenvalue weighted by atomic mass is 35.5. The van der Waals surface area contributed by atoms with Crippen molar-refractivity contribution in [2.75, 3.05) is 6.54 Å². The van der Waals surface area contributed by atoms with Crippen LogP contribution in [0.5, 0.6) is 0 Å². The van der Waals surface area contributed by atoms with Gasteiger partial charge >= 0.3 is 0 Å². The average Bonchev–Trinajstić information content (AvgIpc) is 3.26. The quantitative estimate of drug-likeness (QED) is 0.232. The second kappa shape index (κ2) is 11.4. The number of halogens is 1. The van der Waals surface area contributed by atoms with Crippen LogP contribution in [0.25, 0.3) is 11.0 Å². The number of amides is 1. The van der Waals surface area contributed by atoms with Gasteiger partial charge < -0.3 is 9.88 Å². The molecule has 36 heavy (non-hydrogen) atoms. The van der Waals surface area contributed by atoms with Gasteiger partial charge in [0.05, 0.1) is 23.8 Å². The average molecular weight is 513 g/mol. The fraction of sp³-hybridized carbons (Fsp3) is 0.138. The van der Waals surface area contributed by atoms with Gasteiger partial charge in [0.15, 0.2) is 5.16 Å². The molecule has 0 fully saturated rings. The maximum absolute atomic E-state index is 12.6. The van der Waals surface area contributed by atoms with Crippen molar-refractivity contribution in [3.05, 3.63) is 125 Å². The normalized spacial score (nSPS) is 11.0. The van der Waals surface area contributed by atoms with Crippen LogP contribution >= 0.6 is 23.4 Å². The van der Waals surface area contributed by atoms with Gasteiger partial charge in [-0.15, -0.1) is 0 Å². The van der Waals surface area contributed by atoms with E-state index in [0.717, 1.165) is 44.5 Å². The Balaban J connectivity index is 1.27. The summed E-state index contributed by atoms with van der Waals surface area (Å²) in [5.41, 5.74) is 5.89. The third-order valence-corrected chi connectivity index (χ3v) is 7.32. The molecule has 7 heteroatoms. The van der Waals surface area contributed by atoms with Crippen molar-refractivity contribution < 1.29 is 4.79 Å². The molecule has 0 aliphatic rings. The number of imidazole rings is 1. The second-order valence-corrected chi connectivity index (χ2v) is 9.76. The van der Waals surface area contributed by atoms with E-state index in [2.05, 4.69) is 27.0 Å². The van der Waals surface area contributed by atoms with Gasteiger partial charge in [0.25, 0.3) is 5.91 Å². The molecule has 0 aliphatic heterocycles. The summed E-state index contributed by atoms with van der Waals surface area (Å²) >= 11 is 8.01. The van der Waals surface area contributed by atoms with Crippen LogP contribution in [0.1, 0.15) is 27.0 Å². The third kappa shape index (κ3) is 5.78. The van der Waals surface area contributed by atoms with Crippen molar-refractivity contribution in [1.29, 1.82) is 0 Å². The summed E-state index contributed by atoms with van der Waals surface area (Å²) in [5, 5.41) is 4.67. The number of fused-ring (bicyclic) bond motifs is 1. The third-order valence-electron chi connectivity index (χ3n) is 5.93. The van der Waals surface area contributed by atoms with Gasteiger partial charge in [-0.3, -0.25) is 9.78 Å². The van der Waals surface area contributed by atoms with E-state index in [1.54, 1.807) is 18.0 Å². The molecule has 0 saturated heterocycles. The minimum atomic E-state index is -0.0641. The van der Waals surface area contributed by atoms with Crippen LogP contribution in [-0.2, 0) is 18.7 Å². The van der Waals surface area contributed by atoms with Crippen LogP contribution in [0, 0.1) is 0 Å². The summed E-state index contributed by atoms with van der Waals surface area (Å²) in [6.07, 6.45) is 4.41. The summed E-state index contributed by atoms with van der Waals surface area (Å²) in [7, 11) is 0. The van der Waals surface area contributed by atoms with Crippen LogP contribution < -0.4 is 5.32 Å². The van der Waals surface area contributed by atoms with E-state index >= 15 is 0 Å². The molecule has 0 spiro atoms. The molecule has 5 rings (SSSR count). The number of hydrogen-bond donors (Lipinski definition) is 1. The second-order valence-electron chi connectivity index (χ2n) is 8.41. The van der Waals surface area contributed by atoms with Gasteiger partial charge in [0, 0.05) is 29.1 Å². The first-order valence-corrected chi connectivity index (χ1v) is 13.1. The standard InChI is InChI=1S/C29H25ClN4OS/c30-25-9-5-4-8-24(25)20-36-29-33-26-15-16-31-18-27(26)34(29)19-22-10-12-23(13-11-22)28(35)32-17-14-21-6-2-1-3-7-21/h1-13,15-16,18H,14,17,19-20H2,(H,32,35). The van der Waals surface area contributed by atoms with Crippen molar-refractivity contribution >= 4 is 40.3 Å². The molecule has 5 nitrogen and oxygen atoms in total. The van der Waals surface area contributed by atoms with Crippen LogP contribution in [-0.4, -0.2) is 27.0 Å². The number of nitrogens with one attached hydrogen (secondary N) is 1. The highest BCUT2D eigenvalue weighted by molar-refractivity contribution is 7.98. The first-order chi connectivity index (χ1) is 17.7. The summed E-state index contributed by atoms with van der Waals surface area (Å²) in [4.78, 5) is 21.7. The molecule has 1 amide bonds. The molecular formula is C29H25ClN4OS. The molecule has 2 aromatic heterocycles. The number of nitrogens with zero attached hydrogens (tertiary/aromatic N) is 3. The number of aromatic nitrogens is 3. The molecule has 0 saturated carbocycles. The van der Waals surface area contributed by atoms with Crippen molar-refractivity contribution in [2.24, 2.45) is 0 Å². The summed E-state index contributed by atoms with van der Waals surface area (Å²) in [6.45, 7) is 1.23. The highest BCUT2D eigenvalue weighted by Gasteiger charge is 2.13. The van der Waals surface area contributed by atoms with Gasteiger partial charge in [-0.2, -0.15) is 0 Å². The topological polar surface area (TPSA) is 59.8 Å². The van der Waals surface area contributed by atoms with Crippen LogP contribution in [0.3, 0.4) is 0 Å². The fourth-order valence-electron chi connectivity index (χ4n) is 3.98. The maximum Gasteiger partial charge on any atom is 0.251 e. The number of carbonyl (C=O) groups is 1. The zero-order valence-corrected chi connectivity index (χ0v) is 21.2. The molecule has 0 aliphatic carbocycles. The Labute approximate surface area is 219 Å². The molecule has 0 unspecified atom stereocenters. The summed E-state index contributed by atoms with van der Waals surface area (Å²) in [6, 6.07) is 27.7. The predicted octanol–water partition coefficient (Wildman–Crippen LogP) is 6.40. The van der Waals surface area contributed by atoms with E-state index in [1.807, 2.05) is 79.0 Å². The molecule has 180 valence electrons. The Bertz CT molecular complexity index is 1470. The Morgan fingerprint density at radius 1 is 0.917 bits per heavy atom. The smallest absolute Gasteiger partial charge is 0.251 e. The Morgan fingerprint density at radius 2 is 1.69 bits per heavy atom. The molecular weight excluding hydrogens is 488 g/mol. The van der Waals surface area contributed by atoms with Crippen molar-refractivity contribution in [3.8, 4) is 0 Å². The van der Waals surface area contributed by atoms with Gasteiger partial charge in [-0.25, -0.2) is 4.98 Å². The summed E-state index contributed by atoms with van der Waals surface area (Å²) < 4.78 is 2.17. The molecule has 1 N–H and O–H groups in total. The van der Waals surface area contributed by atoms with Gasteiger partial charge in [-0.05, 0) is 47.4 Å². The predicted molar refractivity (Wildman–Crippen MR) is 147 cm³/mol. The lowest BCUT2D eigenvalue weighted by molar-refractivity contribution is 0.0954. The Kier molecular flexibility index (Phi) is 7.64. The van der Waals surface area contributed by atoms with E-state index in [0.29, 0.717) is 18.7 Å². The van der Waals surface area contributed by atoms with E-state index in [4.69, 9.17) is 16.6 Å². The number of rotatable bonds is 9. The van der Waals surface area contributed by atoms with Crippen molar-refractivity contribution in [1.82, 2.24) is 19.9 Å². The minimum Gasteiger partial charge on any atom is -0.352 e. The van der Waals surface area contributed by atoms with E-state index in [1.165, 1.54) is 5.56 Å². The highest BCUT2D eigenvalue weighted by Crippen LogP contribution is 2.29. The number of carbonyl (C=O) groups excluding carboxylic acids is 1. The zero-order valence-electron chi connectivity index (χ0n) is 19.6. The van der Waals surface area contributed by atoms with Crippen LogP contribution in [0.15, 0.2) is 102 Å². The van der Waals surface area contributed by atoms with E-state index in [9.17, 15) is 4.79 Å². The van der Waals surface area contributed by atoms with E-state index in [-0.39, 0.29) is 5.91 Å². The lowest BCUT2D eigenvalue weighted by Gasteiger charge is -2.11. The zero-order chi connectivity index (χ0) is 24.7. The SMILES string of the molecule is O=C(NCCc1ccccc1)c1ccc(Cn2c(SCc3ccccc3Cl)nc3ccncc32)cc1. The van der Waals surface area contributed by atoms with Crippen molar-refractivity contribution in [2.45, 2.75) is 23.9 Å². The first-order valence-electron chi connectivity index (χ1n) is 11.7. The van der Waals surface area contributed by atoms with E-state index < -0.39 is 0 Å². The van der Waals surface area contributed by atoms with Gasteiger partial charge in [0.2, 0.25) is 0 Å². The minimum absolute atomic E-state index is 0.0641. The molecule has 0 bridgehead atoms. The monoisotopic (exact) mass is 512 g/mol. The number of thioether (sulfide) groups is 1. The molecule has 0 radical (unpaired) electrons. The number of benzene rings is 3. The first kappa shape index (κ1) is 24.1. The molecule has 2 heterocycles. The number of pyridine rings is 1. The lowest BCUT2D eigenvalue weighted by Crippen LogP contribution is -2.25. The summed E-state index contributed by atoms with van der Waals surface area (Å²) in [5.74, 6) is 0.657. The number of hydrogen-bond acceptors (Lipinski definition) is 4. The van der Waals surface area contributed by atoms with Crippen LogP contribution in [0.2, 0.25) is 5.02 Å². The Morgan fingerprint density at radius 3 is 2.50 bits per heavy atom. The fourth-order valence-corrected chi connectivity index (χ4v) is 5.28. The van der Waals surface area contributed by atoms with Crippen molar-refractivity contribution in [3.63, 3.8) is 0 Å². The largest absolute Gasteiger partial charge is 0.352 e. The lowest BCUT2D eigenvalue weighted by atomic mass is 10.1.